The molecule has 182 valence electrons. The first-order valence-electron chi connectivity index (χ1n) is 11.8. The summed E-state index contributed by atoms with van der Waals surface area (Å²) in [6.45, 7) is 3.18. The average molecular weight is 478 g/mol. The second-order valence-electron chi connectivity index (χ2n) is 8.97. The predicted molar refractivity (Wildman–Crippen MR) is 128 cm³/mol. The molecule has 5 rings (SSSR count). The van der Waals surface area contributed by atoms with Gasteiger partial charge in [0, 0.05) is 30.9 Å². The molecular formula is C25H27N5O5. The lowest BCUT2D eigenvalue weighted by Crippen LogP contribution is -2.49. The Morgan fingerprint density at radius 3 is 2.66 bits per heavy atom. The van der Waals surface area contributed by atoms with Gasteiger partial charge in [-0.3, -0.25) is 19.4 Å². The second-order valence-corrected chi connectivity index (χ2v) is 8.97. The molecule has 0 atom stereocenters. The molecule has 4 heterocycles. The number of hydrogen-bond donors (Lipinski definition) is 2. The normalized spacial score (nSPS) is 20.6. The van der Waals surface area contributed by atoms with Gasteiger partial charge in [0.15, 0.2) is 5.58 Å². The fourth-order valence-corrected chi connectivity index (χ4v) is 4.71. The van der Waals surface area contributed by atoms with Crippen LogP contribution in [0, 0.1) is 12.8 Å². The van der Waals surface area contributed by atoms with E-state index in [0.29, 0.717) is 42.9 Å². The Hall–Kier alpha value is -3.79. The SMILES string of the molecule is Cc1ccc(NC(=O)c2oc3cccnc3c2NC(=O)[C@H]2CC[C@H](N3CCOCC3=O)CC2)nc1. The molecule has 35 heavy (non-hydrogen) atoms. The highest BCUT2D eigenvalue weighted by molar-refractivity contribution is 6.13. The Labute approximate surface area is 202 Å². The molecule has 0 unspecified atom stereocenters. The van der Waals surface area contributed by atoms with E-state index in [-0.39, 0.29) is 41.8 Å². The summed E-state index contributed by atoms with van der Waals surface area (Å²) < 4.78 is 11.0. The number of aromatic nitrogens is 2. The number of rotatable bonds is 5. The highest BCUT2D eigenvalue weighted by Crippen LogP contribution is 2.33. The van der Waals surface area contributed by atoms with E-state index in [1.807, 2.05) is 17.9 Å². The molecule has 0 spiro atoms. The van der Waals surface area contributed by atoms with Crippen molar-refractivity contribution in [2.75, 3.05) is 30.4 Å². The molecule has 2 N–H and O–H groups in total. The molecule has 10 nitrogen and oxygen atoms in total. The molecule has 1 saturated heterocycles. The van der Waals surface area contributed by atoms with Gasteiger partial charge in [0.25, 0.3) is 5.91 Å². The van der Waals surface area contributed by atoms with Crippen molar-refractivity contribution in [3.05, 3.63) is 48.0 Å². The largest absolute Gasteiger partial charge is 0.447 e. The molecule has 1 aliphatic carbocycles. The number of pyridine rings is 2. The number of furan rings is 1. The minimum atomic E-state index is -0.524. The van der Waals surface area contributed by atoms with Crippen molar-refractivity contribution in [2.24, 2.45) is 5.92 Å². The van der Waals surface area contributed by atoms with E-state index in [1.165, 1.54) is 0 Å². The molecule has 3 amide bonds. The zero-order valence-electron chi connectivity index (χ0n) is 19.5. The first-order chi connectivity index (χ1) is 17.0. The number of aryl methyl sites for hydroxylation is 1. The van der Waals surface area contributed by atoms with Gasteiger partial charge in [-0.15, -0.1) is 0 Å². The number of anilines is 2. The van der Waals surface area contributed by atoms with Crippen molar-refractivity contribution in [3.8, 4) is 0 Å². The summed E-state index contributed by atoms with van der Waals surface area (Å²) in [5.74, 6) is -0.578. The topological polar surface area (TPSA) is 127 Å². The van der Waals surface area contributed by atoms with Crippen LogP contribution in [0.15, 0.2) is 41.1 Å². The van der Waals surface area contributed by atoms with Gasteiger partial charge in [-0.1, -0.05) is 6.07 Å². The maximum absolute atomic E-state index is 13.2. The highest BCUT2D eigenvalue weighted by atomic mass is 16.5. The van der Waals surface area contributed by atoms with Crippen molar-refractivity contribution < 1.29 is 23.5 Å². The van der Waals surface area contributed by atoms with Gasteiger partial charge in [0.05, 0.1) is 6.61 Å². The molecule has 3 aromatic rings. The zero-order chi connectivity index (χ0) is 24.4. The first-order valence-corrected chi connectivity index (χ1v) is 11.8. The smallest absolute Gasteiger partial charge is 0.294 e. The zero-order valence-corrected chi connectivity index (χ0v) is 19.5. The van der Waals surface area contributed by atoms with Crippen LogP contribution >= 0.6 is 0 Å². The Bertz CT molecular complexity index is 1250. The van der Waals surface area contributed by atoms with Crippen LogP contribution in [0.4, 0.5) is 11.5 Å². The van der Waals surface area contributed by atoms with Gasteiger partial charge < -0.3 is 24.7 Å². The van der Waals surface area contributed by atoms with Gasteiger partial charge in [0.2, 0.25) is 17.6 Å². The standard InChI is InChI=1S/C25H27N5O5/c1-15-4-9-19(27-13-15)28-25(33)23-22(21-18(35-23)3-2-10-26-21)29-24(32)16-5-7-17(8-6-16)30-11-12-34-14-20(30)31/h2-4,9-10,13,16-17H,5-8,11-12,14H2,1H3,(H,29,32)(H,27,28,33)/t16-,17-. The molecule has 1 saturated carbocycles. The minimum Gasteiger partial charge on any atom is -0.447 e. The predicted octanol–water partition coefficient (Wildman–Crippen LogP) is 3.14. The van der Waals surface area contributed by atoms with Gasteiger partial charge in [0.1, 0.15) is 23.6 Å². The highest BCUT2D eigenvalue weighted by Gasteiger charge is 2.34. The fraction of sp³-hybridized carbons (Fsp3) is 0.400. The summed E-state index contributed by atoms with van der Waals surface area (Å²) in [7, 11) is 0. The van der Waals surface area contributed by atoms with E-state index in [4.69, 9.17) is 9.15 Å². The number of nitrogens with one attached hydrogen (secondary N) is 2. The number of carbonyl (C=O) groups excluding carboxylic acids is 3. The molecule has 10 heteroatoms. The molecule has 0 bridgehead atoms. The summed E-state index contributed by atoms with van der Waals surface area (Å²) in [4.78, 5) is 48.8. The third-order valence-electron chi connectivity index (χ3n) is 6.58. The molecule has 0 radical (unpaired) electrons. The number of carbonyl (C=O) groups is 3. The first kappa shape index (κ1) is 23.0. The summed E-state index contributed by atoms with van der Waals surface area (Å²) in [6.07, 6.45) is 6.04. The Morgan fingerprint density at radius 2 is 1.91 bits per heavy atom. The van der Waals surface area contributed by atoms with Gasteiger partial charge in [-0.2, -0.15) is 0 Å². The second kappa shape index (κ2) is 9.83. The van der Waals surface area contributed by atoms with E-state index >= 15 is 0 Å². The van der Waals surface area contributed by atoms with Crippen molar-refractivity contribution in [1.29, 1.82) is 0 Å². The van der Waals surface area contributed by atoms with E-state index in [0.717, 1.165) is 18.4 Å². The van der Waals surface area contributed by atoms with Gasteiger partial charge >= 0.3 is 0 Å². The minimum absolute atomic E-state index is 0.0128. The Balaban J connectivity index is 1.30. The monoisotopic (exact) mass is 477 g/mol. The molecular weight excluding hydrogens is 450 g/mol. The van der Waals surface area contributed by atoms with Gasteiger partial charge in [-0.25, -0.2) is 4.98 Å². The van der Waals surface area contributed by atoms with Crippen LogP contribution < -0.4 is 10.6 Å². The average Bonchev–Trinajstić information content (AvgIpc) is 3.24. The lowest BCUT2D eigenvalue weighted by atomic mass is 9.84. The number of ether oxygens (including phenoxy) is 1. The van der Waals surface area contributed by atoms with Crippen LogP contribution in [-0.4, -0.2) is 58.4 Å². The quantitative estimate of drug-likeness (QED) is 0.578. The molecule has 0 aromatic carbocycles. The maximum atomic E-state index is 13.2. The van der Waals surface area contributed by atoms with Crippen molar-refractivity contribution in [2.45, 2.75) is 38.6 Å². The molecule has 1 aliphatic heterocycles. The van der Waals surface area contributed by atoms with Crippen molar-refractivity contribution in [1.82, 2.24) is 14.9 Å². The van der Waals surface area contributed by atoms with Crippen LogP contribution in [0.5, 0.6) is 0 Å². The summed E-state index contributed by atoms with van der Waals surface area (Å²) in [5.41, 5.74) is 2.03. The number of hydrogen-bond acceptors (Lipinski definition) is 7. The third-order valence-corrected chi connectivity index (χ3v) is 6.58. The fourth-order valence-electron chi connectivity index (χ4n) is 4.71. The van der Waals surface area contributed by atoms with Gasteiger partial charge in [-0.05, 0) is 56.4 Å². The molecule has 2 aliphatic rings. The lowest BCUT2D eigenvalue weighted by Gasteiger charge is -2.38. The van der Waals surface area contributed by atoms with Crippen LogP contribution in [0.1, 0.15) is 41.8 Å². The van der Waals surface area contributed by atoms with E-state index < -0.39 is 5.91 Å². The number of nitrogens with zero attached hydrogens (tertiary/aromatic N) is 3. The number of fused-ring (bicyclic) bond motifs is 1. The van der Waals surface area contributed by atoms with Crippen molar-refractivity contribution >= 4 is 40.3 Å². The maximum Gasteiger partial charge on any atom is 0.294 e. The molecule has 2 fully saturated rings. The van der Waals surface area contributed by atoms with E-state index in [2.05, 4.69) is 20.6 Å². The van der Waals surface area contributed by atoms with Crippen LogP contribution in [0.2, 0.25) is 0 Å². The summed E-state index contributed by atoms with van der Waals surface area (Å²) in [5, 5.41) is 5.62. The molecule has 3 aromatic heterocycles. The van der Waals surface area contributed by atoms with Crippen LogP contribution in [0.3, 0.4) is 0 Å². The lowest BCUT2D eigenvalue weighted by molar-refractivity contribution is -0.146. The number of morpholine rings is 1. The Kier molecular flexibility index (Phi) is 6.45. The number of amides is 3. The summed E-state index contributed by atoms with van der Waals surface area (Å²) >= 11 is 0. The van der Waals surface area contributed by atoms with Crippen molar-refractivity contribution in [3.63, 3.8) is 0 Å². The van der Waals surface area contributed by atoms with Crippen LogP contribution in [-0.2, 0) is 14.3 Å². The van der Waals surface area contributed by atoms with E-state index in [1.54, 1.807) is 30.6 Å². The van der Waals surface area contributed by atoms with E-state index in [9.17, 15) is 14.4 Å². The van der Waals surface area contributed by atoms with Crippen LogP contribution in [0.25, 0.3) is 11.1 Å². The summed E-state index contributed by atoms with van der Waals surface area (Å²) in [6, 6.07) is 7.07. The third kappa shape index (κ3) is 4.88. The Morgan fingerprint density at radius 1 is 1.09 bits per heavy atom.